The maximum absolute atomic E-state index is 12.7. The minimum atomic E-state index is -0.249. The number of benzene rings is 2. The van der Waals surface area contributed by atoms with E-state index in [4.69, 9.17) is 0 Å². The molecule has 156 valence electrons. The third kappa shape index (κ3) is 4.07. The molecule has 0 bridgehead atoms. The zero-order valence-corrected chi connectivity index (χ0v) is 17.7. The van der Waals surface area contributed by atoms with E-state index < -0.39 is 0 Å². The minimum absolute atomic E-state index is 0.0740. The zero-order valence-electron chi connectivity index (χ0n) is 17.7. The summed E-state index contributed by atoms with van der Waals surface area (Å²) in [6, 6.07) is 11.6. The number of carbonyl (C=O) groups is 1. The number of nitrogens with zero attached hydrogens (tertiary/aromatic N) is 4. The highest BCUT2D eigenvalue weighted by Gasteiger charge is 2.16. The van der Waals surface area contributed by atoms with Crippen molar-refractivity contribution in [2.45, 2.75) is 20.4 Å². The fraction of sp³-hybridized carbons (Fsp3) is 0.348. The SMILES string of the molecule is Cc1cc(N2CCN(C)CC2)ccc1NC(=O)Cn1cnc2c(C)cccc2c1=O. The summed E-state index contributed by atoms with van der Waals surface area (Å²) >= 11 is 0. The number of piperazine rings is 1. The summed E-state index contributed by atoms with van der Waals surface area (Å²) in [6.07, 6.45) is 1.45. The van der Waals surface area contributed by atoms with Crippen molar-refractivity contribution in [2.24, 2.45) is 0 Å². The van der Waals surface area contributed by atoms with Crippen LogP contribution in [0.2, 0.25) is 0 Å². The topological polar surface area (TPSA) is 70.5 Å². The van der Waals surface area contributed by atoms with E-state index in [0.717, 1.165) is 43.0 Å². The van der Waals surface area contributed by atoms with E-state index in [-0.39, 0.29) is 18.0 Å². The molecule has 0 saturated carbocycles. The second kappa shape index (κ2) is 8.28. The van der Waals surface area contributed by atoms with Gasteiger partial charge in [-0.25, -0.2) is 4.98 Å². The van der Waals surface area contributed by atoms with Gasteiger partial charge in [-0.1, -0.05) is 12.1 Å². The number of aromatic nitrogens is 2. The number of anilines is 2. The van der Waals surface area contributed by atoms with Gasteiger partial charge in [-0.15, -0.1) is 0 Å². The molecule has 7 nitrogen and oxygen atoms in total. The van der Waals surface area contributed by atoms with Crippen molar-refractivity contribution in [1.29, 1.82) is 0 Å². The highest BCUT2D eigenvalue weighted by molar-refractivity contribution is 5.92. The normalized spacial score (nSPS) is 14.8. The molecule has 0 spiro atoms. The first-order chi connectivity index (χ1) is 14.4. The van der Waals surface area contributed by atoms with Crippen LogP contribution in [0.15, 0.2) is 47.5 Å². The number of rotatable bonds is 4. The van der Waals surface area contributed by atoms with Gasteiger partial charge in [-0.3, -0.25) is 14.2 Å². The van der Waals surface area contributed by atoms with Crippen LogP contribution in [0.1, 0.15) is 11.1 Å². The molecule has 1 saturated heterocycles. The Balaban J connectivity index is 1.47. The monoisotopic (exact) mass is 405 g/mol. The average molecular weight is 406 g/mol. The molecule has 30 heavy (non-hydrogen) atoms. The molecule has 4 rings (SSSR count). The Kier molecular flexibility index (Phi) is 5.55. The number of amides is 1. The van der Waals surface area contributed by atoms with E-state index in [1.165, 1.54) is 16.6 Å². The first-order valence-electron chi connectivity index (χ1n) is 10.2. The molecule has 1 fully saturated rings. The van der Waals surface area contributed by atoms with Crippen molar-refractivity contribution >= 4 is 28.2 Å². The molecule has 1 aromatic heterocycles. The Labute approximate surface area is 175 Å². The second-order valence-electron chi connectivity index (χ2n) is 7.99. The quantitative estimate of drug-likeness (QED) is 0.722. The Morgan fingerprint density at radius 1 is 1.07 bits per heavy atom. The lowest BCUT2D eigenvalue weighted by Gasteiger charge is -2.34. The smallest absolute Gasteiger partial charge is 0.261 e. The van der Waals surface area contributed by atoms with Gasteiger partial charge < -0.3 is 15.1 Å². The van der Waals surface area contributed by atoms with Gasteiger partial charge in [-0.2, -0.15) is 0 Å². The molecule has 0 atom stereocenters. The average Bonchev–Trinajstić information content (AvgIpc) is 2.73. The predicted octanol–water partition coefficient (Wildman–Crippen LogP) is 2.40. The van der Waals surface area contributed by atoms with Gasteiger partial charge in [0.25, 0.3) is 5.56 Å². The summed E-state index contributed by atoms with van der Waals surface area (Å²) < 4.78 is 1.35. The van der Waals surface area contributed by atoms with Crippen LogP contribution >= 0.6 is 0 Å². The van der Waals surface area contributed by atoms with Crippen molar-refractivity contribution in [2.75, 3.05) is 43.4 Å². The molecule has 1 amide bonds. The van der Waals surface area contributed by atoms with Crippen molar-refractivity contribution in [3.8, 4) is 0 Å². The summed E-state index contributed by atoms with van der Waals surface area (Å²) in [6.45, 7) is 7.92. The number of hydrogen-bond donors (Lipinski definition) is 1. The molecular weight excluding hydrogens is 378 g/mol. The third-order valence-electron chi connectivity index (χ3n) is 5.72. The largest absolute Gasteiger partial charge is 0.369 e. The fourth-order valence-electron chi connectivity index (χ4n) is 3.84. The van der Waals surface area contributed by atoms with Crippen LogP contribution in [0, 0.1) is 13.8 Å². The standard InChI is InChI=1S/C23H27N5O2/c1-16-5-4-6-19-22(16)24-15-28(23(19)30)14-21(29)25-20-8-7-18(13-17(20)2)27-11-9-26(3)10-12-27/h4-8,13,15H,9-12,14H2,1-3H3,(H,25,29). The number of para-hydroxylation sites is 1. The van der Waals surface area contributed by atoms with Crippen LogP contribution < -0.4 is 15.8 Å². The summed E-state index contributed by atoms with van der Waals surface area (Å²) in [5, 5.41) is 3.46. The van der Waals surface area contributed by atoms with E-state index in [2.05, 4.69) is 33.2 Å². The van der Waals surface area contributed by atoms with Crippen molar-refractivity contribution < 1.29 is 4.79 Å². The molecule has 7 heteroatoms. The third-order valence-corrected chi connectivity index (χ3v) is 5.72. The highest BCUT2D eigenvalue weighted by atomic mass is 16.2. The summed E-state index contributed by atoms with van der Waals surface area (Å²) in [7, 11) is 2.14. The lowest BCUT2D eigenvalue weighted by Crippen LogP contribution is -2.44. The van der Waals surface area contributed by atoms with E-state index >= 15 is 0 Å². The lowest BCUT2D eigenvalue weighted by atomic mass is 10.1. The number of hydrogen-bond acceptors (Lipinski definition) is 5. The zero-order chi connectivity index (χ0) is 21.3. The van der Waals surface area contributed by atoms with Crippen LogP contribution in [0.25, 0.3) is 10.9 Å². The number of fused-ring (bicyclic) bond motifs is 1. The Morgan fingerprint density at radius 2 is 1.83 bits per heavy atom. The van der Waals surface area contributed by atoms with Gasteiger partial charge in [0.15, 0.2) is 0 Å². The van der Waals surface area contributed by atoms with Gasteiger partial charge in [0, 0.05) is 37.6 Å². The highest BCUT2D eigenvalue weighted by Crippen LogP contribution is 2.23. The van der Waals surface area contributed by atoms with Crippen LogP contribution in [0.3, 0.4) is 0 Å². The molecular formula is C23H27N5O2. The van der Waals surface area contributed by atoms with Crippen LogP contribution in [-0.4, -0.2) is 53.6 Å². The molecule has 1 aliphatic rings. The molecule has 1 aliphatic heterocycles. The maximum Gasteiger partial charge on any atom is 0.261 e. The summed E-state index contributed by atoms with van der Waals surface area (Å²) in [5.74, 6) is -0.249. The van der Waals surface area contributed by atoms with Crippen LogP contribution in [0.4, 0.5) is 11.4 Å². The van der Waals surface area contributed by atoms with Crippen LogP contribution in [0.5, 0.6) is 0 Å². The van der Waals surface area contributed by atoms with E-state index in [1.807, 2.05) is 38.1 Å². The molecule has 0 unspecified atom stereocenters. The molecule has 0 radical (unpaired) electrons. The number of nitrogens with one attached hydrogen (secondary N) is 1. The van der Waals surface area contributed by atoms with Crippen molar-refractivity contribution in [3.63, 3.8) is 0 Å². The van der Waals surface area contributed by atoms with Gasteiger partial charge in [-0.05, 0) is 56.3 Å². The molecule has 0 aliphatic carbocycles. The molecule has 2 heterocycles. The Bertz CT molecular complexity index is 1150. The minimum Gasteiger partial charge on any atom is -0.369 e. The fourth-order valence-corrected chi connectivity index (χ4v) is 3.84. The van der Waals surface area contributed by atoms with E-state index in [9.17, 15) is 9.59 Å². The van der Waals surface area contributed by atoms with Crippen molar-refractivity contribution in [1.82, 2.24) is 14.5 Å². The van der Waals surface area contributed by atoms with E-state index in [0.29, 0.717) is 10.9 Å². The van der Waals surface area contributed by atoms with Crippen LogP contribution in [-0.2, 0) is 11.3 Å². The van der Waals surface area contributed by atoms with Gasteiger partial charge in [0.1, 0.15) is 6.54 Å². The summed E-state index contributed by atoms with van der Waals surface area (Å²) in [5.41, 5.74) is 4.34. The van der Waals surface area contributed by atoms with Gasteiger partial charge >= 0.3 is 0 Å². The van der Waals surface area contributed by atoms with Gasteiger partial charge in [0.05, 0.1) is 17.2 Å². The number of carbonyl (C=O) groups excluding carboxylic acids is 1. The first-order valence-corrected chi connectivity index (χ1v) is 10.2. The Morgan fingerprint density at radius 3 is 2.57 bits per heavy atom. The van der Waals surface area contributed by atoms with Gasteiger partial charge in [0.2, 0.25) is 5.91 Å². The predicted molar refractivity (Wildman–Crippen MR) is 120 cm³/mol. The lowest BCUT2D eigenvalue weighted by molar-refractivity contribution is -0.116. The van der Waals surface area contributed by atoms with E-state index in [1.54, 1.807) is 6.07 Å². The maximum atomic E-state index is 12.7. The molecule has 2 aromatic carbocycles. The second-order valence-corrected chi connectivity index (χ2v) is 7.99. The first kappa shape index (κ1) is 20.1. The number of aryl methyl sites for hydroxylation is 2. The Hall–Kier alpha value is -3.19. The summed E-state index contributed by atoms with van der Waals surface area (Å²) in [4.78, 5) is 34.4. The molecule has 1 N–H and O–H groups in total. The van der Waals surface area contributed by atoms with Crippen molar-refractivity contribution in [3.05, 3.63) is 64.2 Å². The molecule has 3 aromatic rings. The number of likely N-dealkylation sites (N-methyl/N-ethyl adjacent to an activating group) is 1.